The predicted octanol–water partition coefficient (Wildman–Crippen LogP) is 5.05. The first kappa shape index (κ1) is 17.3. The van der Waals surface area contributed by atoms with E-state index in [0.29, 0.717) is 0 Å². The van der Waals surface area contributed by atoms with E-state index in [0.717, 1.165) is 5.56 Å². The Bertz CT molecular complexity index is 691. The van der Waals surface area contributed by atoms with Gasteiger partial charge >= 0.3 is 5.97 Å². The lowest BCUT2D eigenvalue weighted by Gasteiger charge is -2.11. The van der Waals surface area contributed by atoms with Crippen LogP contribution in [-0.2, 0) is 11.3 Å². The van der Waals surface area contributed by atoms with E-state index in [4.69, 9.17) is 32.7 Å². The van der Waals surface area contributed by atoms with Gasteiger partial charge in [0.1, 0.15) is 19.0 Å². The Balaban J connectivity index is 2.12. The van der Waals surface area contributed by atoms with Crippen LogP contribution in [0.3, 0.4) is 0 Å². The molecule has 2 aromatic carbocycles. The topological polar surface area (TPSA) is 35.5 Å². The number of halogens is 3. The molecule has 0 aliphatic rings. The van der Waals surface area contributed by atoms with Crippen molar-refractivity contribution in [1.82, 2.24) is 0 Å². The van der Waals surface area contributed by atoms with E-state index in [2.05, 4.69) is 6.58 Å². The highest BCUT2D eigenvalue weighted by Gasteiger charge is 2.15. The molecule has 0 spiro atoms. The van der Waals surface area contributed by atoms with Crippen molar-refractivity contribution < 1.29 is 18.7 Å². The molecule has 0 heterocycles. The van der Waals surface area contributed by atoms with Crippen molar-refractivity contribution in [3.8, 4) is 5.75 Å². The second kappa shape index (κ2) is 7.99. The summed E-state index contributed by atoms with van der Waals surface area (Å²) in [5.74, 6) is -0.635. The molecule has 120 valence electrons. The molecule has 0 amide bonds. The Hall–Kier alpha value is -2.04. The summed E-state index contributed by atoms with van der Waals surface area (Å²) < 4.78 is 23.3. The van der Waals surface area contributed by atoms with Gasteiger partial charge in [0, 0.05) is 0 Å². The molecule has 0 atom stereocenters. The van der Waals surface area contributed by atoms with Gasteiger partial charge in [-0.3, -0.25) is 0 Å². The van der Waals surface area contributed by atoms with Crippen LogP contribution in [0.1, 0.15) is 15.9 Å². The molecule has 0 N–H and O–H groups in total. The van der Waals surface area contributed by atoms with Crippen LogP contribution in [0.5, 0.6) is 5.75 Å². The van der Waals surface area contributed by atoms with E-state index >= 15 is 0 Å². The van der Waals surface area contributed by atoms with Crippen molar-refractivity contribution in [2.75, 3.05) is 6.61 Å². The lowest BCUT2D eigenvalue weighted by atomic mass is 10.2. The van der Waals surface area contributed by atoms with Gasteiger partial charge < -0.3 is 9.47 Å². The maximum Gasteiger partial charge on any atom is 0.338 e. The first-order chi connectivity index (χ1) is 11.0. The Morgan fingerprint density at radius 2 is 1.78 bits per heavy atom. The van der Waals surface area contributed by atoms with E-state index in [1.165, 1.54) is 30.3 Å². The van der Waals surface area contributed by atoms with Gasteiger partial charge in [0.05, 0.1) is 15.6 Å². The lowest BCUT2D eigenvalue weighted by molar-refractivity contribution is 0.0549. The highest BCUT2D eigenvalue weighted by Crippen LogP contribution is 2.35. The first-order valence-corrected chi connectivity index (χ1v) is 7.41. The standard InChI is InChI=1S/C17H13Cl2FO3/c1-2-7-22-17(21)12-8-14(18)16(15(19)9-12)23-10-11-3-5-13(20)6-4-11/h2-6,8-9H,1,7,10H2. The van der Waals surface area contributed by atoms with E-state index in [9.17, 15) is 9.18 Å². The molecule has 6 heteroatoms. The van der Waals surface area contributed by atoms with Crippen LogP contribution in [0, 0.1) is 5.82 Å². The molecule has 2 aromatic rings. The maximum absolute atomic E-state index is 12.9. The fraction of sp³-hybridized carbons (Fsp3) is 0.118. The summed E-state index contributed by atoms with van der Waals surface area (Å²) in [5, 5.41) is 0.371. The number of hydrogen-bond donors (Lipinski definition) is 0. The van der Waals surface area contributed by atoms with Crippen molar-refractivity contribution in [2.24, 2.45) is 0 Å². The summed E-state index contributed by atoms with van der Waals surface area (Å²) in [6.45, 7) is 3.72. The Morgan fingerprint density at radius 3 is 2.35 bits per heavy atom. The third kappa shape index (κ3) is 4.71. The summed E-state index contributed by atoms with van der Waals surface area (Å²) in [6.07, 6.45) is 1.46. The molecule has 0 saturated heterocycles. The number of hydrogen-bond acceptors (Lipinski definition) is 3. The van der Waals surface area contributed by atoms with Crippen molar-refractivity contribution >= 4 is 29.2 Å². The summed E-state index contributed by atoms with van der Waals surface area (Å²) in [4.78, 5) is 11.8. The Morgan fingerprint density at radius 1 is 1.17 bits per heavy atom. The van der Waals surface area contributed by atoms with Crippen LogP contribution in [0.15, 0.2) is 49.1 Å². The summed E-state index contributed by atoms with van der Waals surface area (Å²) in [6, 6.07) is 8.69. The zero-order valence-electron chi connectivity index (χ0n) is 12.0. The van der Waals surface area contributed by atoms with Gasteiger partial charge in [0.25, 0.3) is 0 Å². The van der Waals surface area contributed by atoms with Crippen LogP contribution < -0.4 is 4.74 Å². The highest BCUT2D eigenvalue weighted by atomic mass is 35.5. The molecular weight excluding hydrogens is 342 g/mol. The van der Waals surface area contributed by atoms with Crippen molar-refractivity contribution in [3.05, 3.63) is 76.0 Å². The average Bonchev–Trinajstić information content (AvgIpc) is 2.53. The second-order valence-electron chi connectivity index (χ2n) is 4.57. The third-order valence-electron chi connectivity index (χ3n) is 2.86. The molecule has 0 fully saturated rings. The first-order valence-electron chi connectivity index (χ1n) is 6.65. The second-order valence-corrected chi connectivity index (χ2v) is 5.39. The molecular formula is C17H13Cl2FO3. The highest BCUT2D eigenvalue weighted by molar-refractivity contribution is 6.37. The summed E-state index contributed by atoms with van der Waals surface area (Å²) >= 11 is 12.2. The number of carbonyl (C=O) groups is 1. The number of esters is 1. The minimum atomic E-state index is -0.557. The average molecular weight is 355 g/mol. The Kier molecular flexibility index (Phi) is 6.02. The minimum Gasteiger partial charge on any atom is -0.486 e. The van der Waals surface area contributed by atoms with Crippen LogP contribution in [0.2, 0.25) is 10.0 Å². The van der Waals surface area contributed by atoms with Gasteiger partial charge in [-0.1, -0.05) is 48.0 Å². The van der Waals surface area contributed by atoms with Crippen molar-refractivity contribution in [2.45, 2.75) is 6.61 Å². The fourth-order valence-corrected chi connectivity index (χ4v) is 2.37. The fourth-order valence-electron chi connectivity index (χ4n) is 1.77. The quantitative estimate of drug-likeness (QED) is 0.537. The Labute approximate surface area is 143 Å². The van der Waals surface area contributed by atoms with Gasteiger partial charge in [-0.05, 0) is 29.8 Å². The van der Waals surface area contributed by atoms with E-state index in [-0.39, 0.29) is 40.4 Å². The molecule has 0 aliphatic heterocycles. The zero-order chi connectivity index (χ0) is 16.8. The largest absolute Gasteiger partial charge is 0.486 e. The van der Waals surface area contributed by atoms with E-state index < -0.39 is 5.97 Å². The van der Waals surface area contributed by atoms with Crippen molar-refractivity contribution in [1.29, 1.82) is 0 Å². The van der Waals surface area contributed by atoms with Gasteiger partial charge in [-0.2, -0.15) is 0 Å². The molecule has 0 aromatic heterocycles. The predicted molar refractivity (Wildman–Crippen MR) is 87.7 cm³/mol. The van der Waals surface area contributed by atoms with Gasteiger partial charge in [-0.15, -0.1) is 0 Å². The normalized spacial score (nSPS) is 10.2. The monoisotopic (exact) mass is 354 g/mol. The number of benzene rings is 2. The van der Waals surface area contributed by atoms with E-state index in [1.54, 1.807) is 12.1 Å². The van der Waals surface area contributed by atoms with E-state index in [1.807, 2.05) is 0 Å². The van der Waals surface area contributed by atoms with Crippen LogP contribution >= 0.6 is 23.2 Å². The molecule has 0 saturated carbocycles. The SMILES string of the molecule is C=CCOC(=O)c1cc(Cl)c(OCc2ccc(F)cc2)c(Cl)c1. The number of ether oxygens (including phenoxy) is 2. The molecule has 2 rings (SSSR count). The minimum absolute atomic E-state index is 0.0941. The lowest BCUT2D eigenvalue weighted by Crippen LogP contribution is -2.06. The van der Waals surface area contributed by atoms with Gasteiger partial charge in [0.15, 0.2) is 5.75 Å². The van der Waals surface area contributed by atoms with Crippen LogP contribution in [0.25, 0.3) is 0 Å². The number of rotatable bonds is 6. The molecule has 3 nitrogen and oxygen atoms in total. The molecule has 0 radical (unpaired) electrons. The van der Waals surface area contributed by atoms with Gasteiger partial charge in [-0.25, -0.2) is 9.18 Å². The zero-order valence-corrected chi connectivity index (χ0v) is 13.5. The van der Waals surface area contributed by atoms with Gasteiger partial charge in [0.2, 0.25) is 0 Å². The summed E-state index contributed by atoms with van der Waals surface area (Å²) in [7, 11) is 0. The molecule has 0 unspecified atom stereocenters. The summed E-state index contributed by atoms with van der Waals surface area (Å²) in [5.41, 5.74) is 0.976. The van der Waals surface area contributed by atoms with Crippen LogP contribution in [0.4, 0.5) is 4.39 Å². The molecule has 0 bridgehead atoms. The third-order valence-corrected chi connectivity index (χ3v) is 3.42. The smallest absolute Gasteiger partial charge is 0.338 e. The maximum atomic E-state index is 12.9. The molecule has 0 aliphatic carbocycles. The molecule has 23 heavy (non-hydrogen) atoms. The van der Waals surface area contributed by atoms with Crippen molar-refractivity contribution in [3.63, 3.8) is 0 Å². The van der Waals surface area contributed by atoms with Crippen LogP contribution in [-0.4, -0.2) is 12.6 Å². The number of carbonyl (C=O) groups excluding carboxylic acids is 1.